The van der Waals surface area contributed by atoms with E-state index in [9.17, 15) is 44.3 Å². The molecule has 0 aliphatic heterocycles. The highest BCUT2D eigenvalue weighted by Gasteiger charge is 2.75. The Hall–Kier alpha value is -3.76. The van der Waals surface area contributed by atoms with E-state index in [1.807, 2.05) is 0 Å². The van der Waals surface area contributed by atoms with Crippen molar-refractivity contribution in [2.24, 2.45) is 0 Å². The number of anilines is 2. The summed E-state index contributed by atoms with van der Waals surface area (Å²) in [5.41, 5.74) is -9.12. The summed E-state index contributed by atoms with van der Waals surface area (Å²) in [5, 5.41) is 4.26. The highest BCUT2D eigenvalue weighted by molar-refractivity contribution is 7.86. The number of hydrogen-bond acceptors (Lipinski definition) is 6. The topological polar surface area (TPSA) is 114 Å². The Morgan fingerprint density at radius 3 is 1.90 bits per heavy atom. The van der Waals surface area contributed by atoms with Gasteiger partial charge < -0.3 is 10.6 Å². The van der Waals surface area contributed by atoms with E-state index in [0.717, 1.165) is 26.0 Å². The lowest BCUT2D eigenvalue weighted by molar-refractivity contribution is -0.364. The molecule has 0 unspecified atom stereocenters. The van der Waals surface area contributed by atoms with Crippen LogP contribution in [0.25, 0.3) is 0 Å². The number of nitrogens with one attached hydrogen (secondary N) is 2. The molecule has 0 aliphatic carbocycles. The van der Waals surface area contributed by atoms with E-state index in [2.05, 4.69) is 19.8 Å². The Balaban J connectivity index is 2.01. The van der Waals surface area contributed by atoms with Crippen LogP contribution in [-0.2, 0) is 19.9 Å². The van der Waals surface area contributed by atoms with Crippen molar-refractivity contribution < 1.29 is 52.9 Å². The van der Waals surface area contributed by atoms with E-state index in [0.29, 0.717) is 12.1 Å². The van der Waals surface area contributed by atoms with Crippen LogP contribution < -0.4 is 10.6 Å². The number of alkyl halides is 6. The Morgan fingerprint density at radius 2 is 1.40 bits per heavy atom. The molecule has 1 aromatic heterocycles. The maximum Gasteiger partial charge on any atom is 0.432 e. The molecule has 42 heavy (non-hydrogen) atoms. The third-order valence-corrected chi connectivity index (χ3v) is 6.60. The van der Waals surface area contributed by atoms with E-state index in [4.69, 9.17) is 11.6 Å². The molecule has 2 amide bonds. The normalized spacial score (nSPS) is 12.6. The fraction of sp³-hybridized carbons (Fsp3) is 0.240. The third kappa shape index (κ3) is 6.50. The molecule has 17 heteroatoms. The van der Waals surface area contributed by atoms with E-state index >= 15 is 4.39 Å². The van der Waals surface area contributed by atoms with Crippen LogP contribution in [0, 0.1) is 19.7 Å². The molecule has 0 aliphatic rings. The van der Waals surface area contributed by atoms with Gasteiger partial charge in [-0.1, -0.05) is 29.8 Å². The molecule has 8 nitrogen and oxygen atoms in total. The van der Waals surface area contributed by atoms with E-state index < -0.39 is 62.5 Å². The molecule has 0 radical (unpaired) electrons. The molecule has 0 saturated heterocycles. The maximum atomic E-state index is 15.2. The molecule has 0 fully saturated rings. The lowest BCUT2D eigenvalue weighted by Crippen LogP contribution is -2.56. The number of halogens is 8. The van der Waals surface area contributed by atoms with Crippen molar-refractivity contribution >= 4 is 44.9 Å². The van der Waals surface area contributed by atoms with Crippen LogP contribution >= 0.6 is 11.6 Å². The molecular formula is C25H19ClF7N3O5S. The largest absolute Gasteiger partial charge is 0.432 e. The lowest BCUT2D eigenvalue weighted by atomic mass is 9.89. The van der Waals surface area contributed by atoms with Gasteiger partial charge >= 0.3 is 18.0 Å². The summed E-state index contributed by atoms with van der Waals surface area (Å²) in [6.45, 7) is 2.07. The van der Waals surface area contributed by atoms with Crippen LogP contribution in [0.4, 0.5) is 42.1 Å². The Morgan fingerprint density at radius 1 is 0.881 bits per heavy atom. The lowest BCUT2D eigenvalue weighted by Gasteiger charge is -2.36. The van der Waals surface area contributed by atoms with Crippen molar-refractivity contribution in [1.82, 2.24) is 4.98 Å². The summed E-state index contributed by atoms with van der Waals surface area (Å²) >= 11 is 5.86. The zero-order chi connectivity index (χ0) is 31.8. The molecule has 2 aromatic carbocycles. The Kier molecular flexibility index (Phi) is 8.96. The van der Waals surface area contributed by atoms with Gasteiger partial charge in [-0.3, -0.25) is 9.59 Å². The minimum Gasteiger partial charge on any atom is -0.321 e. The first kappa shape index (κ1) is 32.8. The second-order valence-electron chi connectivity index (χ2n) is 8.87. The molecule has 3 aromatic rings. The second kappa shape index (κ2) is 11.5. The van der Waals surface area contributed by atoms with Crippen LogP contribution in [-0.4, -0.2) is 43.8 Å². The summed E-state index contributed by atoms with van der Waals surface area (Å²) in [6.07, 6.45) is -11.2. The van der Waals surface area contributed by atoms with Gasteiger partial charge in [-0.2, -0.15) is 34.8 Å². The number of benzene rings is 2. The Bertz CT molecular complexity index is 1620. The quantitative estimate of drug-likeness (QED) is 0.178. The summed E-state index contributed by atoms with van der Waals surface area (Å²) < 4.78 is 125. The standard InChI is InChI=1S/C25H19ClF7N3O5S/c1-12-10-14(23(24(28,29)30,25(31,32)33)41-42(3,39)40)11-13(2)19(12)36-21(37)15-6-4-8-17(18(15)27)35-22(38)16-7-5-9-34-20(16)26/h4-11H,1-3H3,(H,35,38)(H,36,37). The number of pyridine rings is 1. The highest BCUT2D eigenvalue weighted by Crippen LogP contribution is 2.54. The van der Waals surface area contributed by atoms with Crippen molar-refractivity contribution in [3.8, 4) is 0 Å². The van der Waals surface area contributed by atoms with E-state index in [-0.39, 0.29) is 33.8 Å². The fourth-order valence-corrected chi connectivity index (χ4v) is 4.90. The highest BCUT2D eigenvalue weighted by atomic mass is 35.5. The van der Waals surface area contributed by atoms with Crippen molar-refractivity contribution in [1.29, 1.82) is 0 Å². The molecule has 2 N–H and O–H groups in total. The number of carbonyl (C=O) groups excluding carboxylic acids is 2. The molecule has 0 spiro atoms. The number of hydrogen-bond donors (Lipinski definition) is 2. The average Bonchev–Trinajstić information content (AvgIpc) is 2.84. The van der Waals surface area contributed by atoms with Gasteiger partial charge in [-0.25, -0.2) is 13.6 Å². The number of aryl methyl sites for hydroxylation is 2. The first-order chi connectivity index (χ1) is 19.2. The molecule has 0 bridgehead atoms. The van der Waals surface area contributed by atoms with Gasteiger partial charge in [0.15, 0.2) is 5.82 Å². The molecule has 3 rings (SSSR count). The third-order valence-electron chi connectivity index (χ3n) is 5.75. The van der Waals surface area contributed by atoms with Crippen molar-refractivity contribution in [2.75, 3.05) is 16.9 Å². The number of aromatic nitrogens is 1. The Labute approximate surface area is 239 Å². The fourth-order valence-electron chi connectivity index (χ4n) is 3.95. The summed E-state index contributed by atoms with van der Waals surface area (Å²) in [5.74, 6) is -3.25. The minimum absolute atomic E-state index is 0.0317. The molecular weight excluding hydrogens is 623 g/mol. The number of nitrogens with zero attached hydrogens (tertiary/aromatic N) is 1. The van der Waals surface area contributed by atoms with Crippen LogP contribution in [0.2, 0.25) is 5.15 Å². The van der Waals surface area contributed by atoms with E-state index in [1.54, 1.807) is 0 Å². The first-order valence-electron chi connectivity index (χ1n) is 11.4. The van der Waals surface area contributed by atoms with Crippen LogP contribution in [0.5, 0.6) is 0 Å². The van der Waals surface area contributed by atoms with Crippen molar-refractivity contribution in [2.45, 2.75) is 31.8 Å². The van der Waals surface area contributed by atoms with Gasteiger partial charge in [0.1, 0.15) is 5.15 Å². The molecule has 226 valence electrons. The summed E-state index contributed by atoms with van der Waals surface area (Å²) in [6, 6.07) is 6.73. The summed E-state index contributed by atoms with van der Waals surface area (Å²) in [4.78, 5) is 29.1. The maximum absolute atomic E-state index is 15.2. The van der Waals surface area contributed by atoms with Gasteiger partial charge in [0, 0.05) is 17.4 Å². The van der Waals surface area contributed by atoms with Crippen molar-refractivity contribution in [3.63, 3.8) is 0 Å². The van der Waals surface area contributed by atoms with Gasteiger partial charge in [-0.05, 0) is 49.2 Å². The predicted molar refractivity (Wildman–Crippen MR) is 137 cm³/mol. The molecule has 0 atom stereocenters. The van der Waals surface area contributed by atoms with Gasteiger partial charge in [0.05, 0.1) is 23.1 Å². The molecule has 0 saturated carbocycles. The number of rotatable bonds is 7. The van der Waals surface area contributed by atoms with Gasteiger partial charge in [0.25, 0.3) is 21.9 Å². The smallest absolute Gasteiger partial charge is 0.321 e. The summed E-state index contributed by atoms with van der Waals surface area (Å²) in [7, 11) is -5.32. The van der Waals surface area contributed by atoms with Crippen LogP contribution in [0.1, 0.15) is 37.4 Å². The monoisotopic (exact) mass is 641 g/mol. The SMILES string of the molecule is Cc1cc(C(OS(C)(=O)=O)(C(F)(F)F)C(F)(F)F)cc(C)c1NC(=O)c1cccc(NC(=O)c2cccnc2Cl)c1F. The van der Waals surface area contributed by atoms with Gasteiger partial charge in [-0.15, -0.1) is 0 Å². The number of carbonyl (C=O) groups is 2. The predicted octanol–water partition coefficient (Wildman–Crippen LogP) is 6.29. The molecule has 1 heterocycles. The van der Waals surface area contributed by atoms with E-state index in [1.165, 1.54) is 24.4 Å². The van der Waals surface area contributed by atoms with Crippen LogP contribution in [0.15, 0.2) is 48.7 Å². The zero-order valence-electron chi connectivity index (χ0n) is 21.5. The van der Waals surface area contributed by atoms with Crippen LogP contribution in [0.3, 0.4) is 0 Å². The number of amides is 2. The second-order valence-corrected chi connectivity index (χ2v) is 10.8. The van der Waals surface area contributed by atoms with Crippen molar-refractivity contribution in [3.05, 3.63) is 87.4 Å². The first-order valence-corrected chi connectivity index (χ1v) is 13.6. The zero-order valence-corrected chi connectivity index (χ0v) is 23.1. The van der Waals surface area contributed by atoms with Gasteiger partial charge in [0.2, 0.25) is 0 Å². The average molecular weight is 642 g/mol. The minimum atomic E-state index is -6.29.